The Morgan fingerprint density at radius 3 is 2.20 bits per heavy atom. The van der Waals surface area contributed by atoms with Gasteiger partial charge in [-0.15, -0.1) is 0 Å². The number of rotatable bonds is 6. The van der Waals surface area contributed by atoms with E-state index in [9.17, 15) is 13.2 Å². The Hall–Kier alpha value is -2.74. The van der Waals surface area contributed by atoms with Crippen LogP contribution in [-0.4, -0.2) is 51.9 Å². The minimum atomic E-state index is -4.00. The van der Waals surface area contributed by atoms with Gasteiger partial charge in [-0.1, -0.05) is 53.0 Å². The highest BCUT2D eigenvalue weighted by atomic mass is 35.5. The number of hydrogen-bond acceptors (Lipinski definition) is 4. The molecule has 0 N–H and O–H groups in total. The molecule has 184 valence electrons. The standard InChI is InChI=1S/C26H27Cl2N3O3S/c1-19-6-10-24(11-7-19)35(33,34)31(25-17-22(28)9-8-20(25)2)18-26(32)30-14-12-29(13-15-30)23-5-3-4-21(27)16-23/h3-11,16-17H,12-15,18H2,1-2H3. The van der Waals surface area contributed by atoms with Gasteiger partial charge in [0.2, 0.25) is 5.91 Å². The van der Waals surface area contributed by atoms with Gasteiger partial charge in [0.1, 0.15) is 6.54 Å². The fourth-order valence-electron chi connectivity index (χ4n) is 4.10. The van der Waals surface area contributed by atoms with Crippen LogP contribution in [-0.2, 0) is 14.8 Å². The molecule has 0 aromatic heterocycles. The number of carbonyl (C=O) groups is 1. The molecule has 3 aromatic rings. The zero-order chi connectivity index (χ0) is 25.2. The van der Waals surface area contributed by atoms with Crippen molar-refractivity contribution in [3.05, 3.63) is 87.9 Å². The first-order valence-electron chi connectivity index (χ1n) is 11.3. The Labute approximate surface area is 216 Å². The van der Waals surface area contributed by atoms with E-state index in [1.165, 1.54) is 4.31 Å². The van der Waals surface area contributed by atoms with Crippen LogP contribution in [0, 0.1) is 13.8 Å². The lowest BCUT2D eigenvalue weighted by Crippen LogP contribution is -2.52. The summed E-state index contributed by atoms with van der Waals surface area (Å²) in [6, 6.07) is 19.3. The van der Waals surface area contributed by atoms with Crippen LogP contribution in [0.1, 0.15) is 11.1 Å². The highest BCUT2D eigenvalue weighted by Gasteiger charge is 2.31. The molecular weight excluding hydrogens is 505 g/mol. The lowest BCUT2D eigenvalue weighted by molar-refractivity contribution is -0.129. The molecule has 4 rings (SSSR count). The molecule has 0 saturated carbocycles. The maximum absolute atomic E-state index is 13.7. The van der Waals surface area contributed by atoms with Crippen LogP contribution in [0.4, 0.5) is 11.4 Å². The second-order valence-corrected chi connectivity index (χ2v) is 11.3. The summed E-state index contributed by atoms with van der Waals surface area (Å²) in [5.74, 6) is -0.259. The van der Waals surface area contributed by atoms with Crippen molar-refractivity contribution in [3.8, 4) is 0 Å². The van der Waals surface area contributed by atoms with E-state index in [-0.39, 0.29) is 17.3 Å². The number of anilines is 2. The van der Waals surface area contributed by atoms with Crippen molar-refractivity contribution in [2.45, 2.75) is 18.7 Å². The number of piperazine rings is 1. The van der Waals surface area contributed by atoms with E-state index < -0.39 is 10.0 Å². The third-order valence-corrected chi connectivity index (χ3v) is 8.38. The molecule has 0 spiro atoms. The molecule has 1 amide bonds. The fraction of sp³-hybridized carbons (Fsp3) is 0.269. The SMILES string of the molecule is Cc1ccc(S(=O)(=O)N(CC(=O)N2CCN(c3cccc(Cl)c3)CC2)c2cc(Cl)ccc2C)cc1. The monoisotopic (exact) mass is 531 g/mol. The van der Waals surface area contributed by atoms with Gasteiger partial charge in [0.25, 0.3) is 10.0 Å². The molecule has 1 aliphatic rings. The predicted octanol–water partition coefficient (Wildman–Crippen LogP) is 5.15. The number of nitrogens with zero attached hydrogens (tertiary/aromatic N) is 3. The van der Waals surface area contributed by atoms with Crippen molar-refractivity contribution in [2.24, 2.45) is 0 Å². The van der Waals surface area contributed by atoms with Crippen LogP contribution in [0.2, 0.25) is 10.0 Å². The molecule has 1 heterocycles. The van der Waals surface area contributed by atoms with Crippen LogP contribution < -0.4 is 9.21 Å². The first kappa shape index (κ1) is 25.4. The van der Waals surface area contributed by atoms with Crippen molar-refractivity contribution in [3.63, 3.8) is 0 Å². The Morgan fingerprint density at radius 2 is 1.54 bits per heavy atom. The highest BCUT2D eigenvalue weighted by Crippen LogP contribution is 2.30. The molecule has 6 nitrogen and oxygen atoms in total. The van der Waals surface area contributed by atoms with Gasteiger partial charge in [-0.25, -0.2) is 8.42 Å². The third-order valence-electron chi connectivity index (χ3n) is 6.13. The maximum atomic E-state index is 13.7. The summed E-state index contributed by atoms with van der Waals surface area (Å²) >= 11 is 12.3. The van der Waals surface area contributed by atoms with Gasteiger partial charge in [-0.05, 0) is 61.9 Å². The zero-order valence-electron chi connectivity index (χ0n) is 19.6. The van der Waals surface area contributed by atoms with Crippen molar-refractivity contribution >= 4 is 50.5 Å². The normalized spacial score (nSPS) is 14.2. The molecular formula is C26H27Cl2N3O3S. The van der Waals surface area contributed by atoms with E-state index in [2.05, 4.69) is 4.90 Å². The number of carbonyl (C=O) groups excluding carboxylic acids is 1. The minimum Gasteiger partial charge on any atom is -0.368 e. The van der Waals surface area contributed by atoms with E-state index in [4.69, 9.17) is 23.2 Å². The van der Waals surface area contributed by atoms with E-state index in [1.807, 2.05) is 31.2 Å². The minimum absolute atomic E-state index is 0.126. The quantitative estimate of drug-likeness (QED) is 0.441. The first-order chi connectivity index (χ1) is 16.6. The second-order valence-electron chi connectivity index (χ2n) is 8.60. The Balaban J connectivity index is 1.57. The Kier molecular flexibility index (Phi) is 7.59. The molecule has 0 aliphatic carbocycles. The van der Waals surface area contributed by atoms with E-state index in [0.29, 0.717) is 47.5 Å². The largest absolute Gasteiger partial charge is 0.368 e. The predicted molar refractivity (Wildman–Crippen MR) is 142 cm³/mol. The smallest absolute Gasteiger partial charge is 0.264 e. The Bertz CT molecular complexity index is 1320. The van der Waals surface area contributed by atoms with Gasteiger partial charge in [-0.2, -0.15) is 0 Å². The second kappa shape index (κ2) is 10.5. The lowest BCUT2D eigenvalue weighted by atomic mass is 10.2. The zero-order valence-corrected chi connectivity index (χ0v) is 21.9. The maximum Gasteiger partial charge on any atom is 0.264 e. The summed E-state index contributed by atoms with van der Waals surface area (Å²) in [6.07, 6.45) is 0. The number of amides is 1. The van der Waals surface area contributed by atoms with Crippen molar-refractivity contribution in [2.75, 3.05) is 41.9 Å². The van der Waals surface area contributed by atoms with E-state index in [1.54, 1.807) is 54.3 Å². The number of aryl methyl sites for hydroxylation is 2. The van der Waals surface area contributed by atoms with Crippen molar-refractivity contribution in [1.82, 2.24) is 4.90 Å². The first-order valence-corrected chi connectivity index (χ1v) is 13.5. The van der Waals surface area contributed by atoms with Crippen molar-refractivity contribution in [1.29, 1.82) is 0 Å². The van der Waals surface area contributed by atoms with Crippen LogP contribution >= 0.6 is 23.2 Å². The molecule has 3 aromatic carbocycles. The molecule has 1 saturated heterocycles. The average molecular weight is 532 g/mol. The lowest BCUT2D eigenvalue weighted by Gasteiger charge is -2.37. The van der Waals surface area contributed by atoms with Crippen LogP contribution in [0.5, 0.6) is 0 Å². The molecule has 9 heteroatoms. The van der Waals surface area contributed by atoms with Gasteiger partial charge in [0.05, 0.1) is 10.6 Å². The third kappa shape index (κ3) is 5.74. The molecule has 0 radical (unpaired) electrons. The van der Waals surface area contributed by atoms with Crippen molar-refractivity contribution < 1.29 is 13.2 Å². The summed E-state index contributed by atoms with van der Waals surface area (Å²) < 4.78 is 28.5. The summed E-state index contributed by atoms with van der Waals surface area (Å²) in [6.45, 7) is 5.62. The van der Waals surface area contributed by atoms with E-state index in [0.717, 1.165) is 11.3 Å². The number of hydrogen-bond donors (Lipinski definition) is 0. The van der Waals surface area contributed by atoms with Crippen LogP contribution in [0.25, 0.3) is 0 Å². The summed E-state index contributed by atoms with van der Waals surface area (Å²) in [5.41, 5.74) is 3.05. The summed E-state index contributed by atoms with van der Waals surface area (Å²) in [7, 11) is -4.00. The topological polar surface area (TPSA) is 60.9 Å². The van der Waals surface area contributed by atoms with E-state index >= 15 is 0 Å². The fourth-order valence-corrected chi connectivity index (χ4v) is 5.92. The molecule has 0 unspecified atom stereocenters. The van der Waals surface area contributed by atoms with Gasteiger partial charge in [-0.3, -0.25) is 9.10 Å². The van der Waals surface area contributed by atoms with Crippen LogP contribution in [0.3, 0.4) is 0 Å². The van der Waals surface area contributed by atoms with Crippen LogP contribution in [0.15, 0.2) is 71.6 Å². The molecule has 1 aliphatic heterocycles. The number of sulfonamides is 1. The number of benzene rings is 3. The molecule has 35 heavy (non-hydrogen) atoms. The summed E-state index contributed by atoms with van der Waals surface area (Å²) in [4.78, 5) is 17.4. The Morgan fingerprint density at radius 1 is 0.886 bits per heavy atom. The van der Waals surface area contributed by atoms with Gasteiger partial charge < -0.3 is 9.80 Å². The average Bonchev–Trinajstić information content (AvgIpc) is 2.84. The highest BCUT2D eigenvalue weighted by molar-refractivity contribution is 7.92. The molecule has 0 bridgehead atoms. The van der Waals surface area contributed by atoms with Gasteiger partial charge >= 0.3 is 0 Å². The molecule has 1 fully saturated rings. The summed E-state index contributed by atoms with van der Waals surface area (Å²) in [5, 5.41) is 1.06. The molecule has 0 atom stereocenters. The van der Waals surface area contributed by atoms with Gasteiger partial charge in [0.15, 0.2) is 0 Å². The van der Waals surface area contributed by atoms with Gasteiger partial charge in [0, 0.05) is 41.9 Å². The number of halogens is 2.